The van der Waals surface area contributed by atoms with Gasteiger partial charge in [0, 0.05) is 11.3 Å². The van der Waals surface area contributed by atoms with Gasteiger partial charge in [0.05, 0.1) is 17.9 Å². The highest BCUT2D eigenvalue weighted by molar-refractivity contribution is 5.43. The number of rotatable bonds is 3. The monoisotopic (exact) mass is 248 g/mol. The minimum absolute atomic E-state index is 0.301. The summed E-state index contributed by atoms with van der Waals surface area (Å²) in [5.41, 5.74) is 1.98. The second kappa shape index (κ2) is 5.12. The van der Waals surface area contributed by atoms with E-state index < -0.39 is 11.6 Å². The number of aromatic nitrogens is 1. The molecule has 0 fully saturated rings. The van der Waals surface area contributed by atoms with Gasteiger partial charge in [-0.1, -0.05) is 0 Å². The topological polar surface area (TPSA) is 24.9 Å². The van der Waals surface area contributed by atoms with Crippen LogP contribution in [-0.4, -0.2) is 4.98 Å². The van der Waals surface area contributed by atoms with E-state index in [9.17, 15) is 8.78 Å². The van der Waals surface area contributed by atoms with E-state index in [2.05, 4.69) is 10.3 Å². The molecular weight excluding hydrogens is 234 g/mol. The van der Waals surface area contributed by atoms with E-state index in [4.69, 9.17) is 0 Å². The molecule has 1 aromatic heterocycles. The largest absolute Gasteiger partial charge is 0.377 e. The molecule has 0 aliphatic heterocycles. The molecule has 0 aliphatic carbocycles. The van der Waals surface area contributed by atoms with Crippen LogP contribution in [0.2, 0.25) is 0 Å². The Bertz CT molecular complexity index is 538. The molecule has 0 bridgehead atoms. The van der Waals surface area contributed by atoms with Crippen molar-refractivity contribution < 1.29 is 8.78 Å². The van der Waals surface area contributed by atoms with Crippen molar-refractivity contribution in [2.45, 2.75) is 19.9 Å². The number of hydrogen-bond acceptors (Lipinski definition) is 2. The van der Waals surface area contributed by atoms with Crippen LogP contribution in [0.3, 0.4) is 0 Å². The molecule has 4 heteroatoms. The lowest BCUT2D eigenvalue weighted by molar-refractivity contribution is 0.577. The Labute approximate surface area is 105 Å². The fourth-order valence-corrected chi connectivity index (χ4v) is 1.73. The van der Waals surface area contributed by atoms with E-state index in [0.29, 0.717) is 5.56 Å². The number of nitrogens with one attached hydrogen (secondary N) is 1. The van der Waals surface area contributed by atoms with Crippen LogP contribution in [0.4, 0.5) is 14.5 Å². The van der Waals surface area contributed by atoms with Crippen molar-refractivity contribution in [3.05, 3.63) is 59.4 Å². The van der Waals surface area contributed by atoms with Crippen LogP contribution in [0.15, 0.2) is 36.5 Å². The molecule has 2 rings (SSSR count). The van der Waals surface area contributed by atoms with Crippen molar-refractivity contribution in [1.29, 1.82) is 0 Å². The Morgan fingerprint density at radius 1 is 1.17 bits per heavy atom. The zero-order valence-corrected chi connectivity index (χ0v) is 10.2. The van der Waals surface area contributed by atoms with E-state index >= 15 is 0 Å². The van der Waals surface area contributed by atoms with Crippen molar-refractivity contribution in [2.75, 3.05) is 5.32 Å². The SMILES string of the molecule is Cc1ccc(NC(C)c2cc(F)ccc2F)cn1. The number of halogens is 2. The number of pyridine rings is 1. The number of hydrogen-bond donors (Lipinski definition) is 1. The molecule has 0 aliphatic rings. The summed E-state index contributed by atoms with van der Waals surface area (Å²) in [6, 6.07) is 6.84. The molecule has 2 aromatic rings. The minimum atomic E-state index is -0.443. The first kappa shape index (κ1) is 12.5. The summed E-state index contributed by atoms with van der Waals surface area (Å²) in [7, 11) is 0. The van der Waals surface area contributed by atoms with Gasteiger partial charge in [0.25, 0.3) is 0 Å². The average Bonchev–Trinajstić information content (AvgIpc) is 2.35. The molecule has 1 heterocycles. The van der Waals surface area contributed by atoms with Gasteiger partial charge in [0.15, 0.2) is 0 Å². The average molecular weight is 248 g/mol. The summed E-state index contributed by atoms with van der Waals surface area (Å²) in [5, 5.41) is 3.08. The lowest BCUT2D eigenvalue weighted by atomic mass is 10.1. The number of benzene rings is 1. The number of nitrogens with zero attached hydrogens (tertiary/aromatic N) is 1. The van der Waals surface area contributed by atoms with Crippen LogP contribution in [0, 0.1) is 18.6 Å². The second-order valence-corrected chi connectivity index (χ2v) is 4.22. The molecule has 1 N–H and O–H groups in total. The molecule has 1 aromatic carbocycles. The summed E-state index contributed by atoms with van der Waals surface area (Å²) in [6.45, 7) is 3.66. The lowest BCUT2D eigenvalue weighted by Crippen LogP contribution is -2.09. The molecule has 1 atom stereocenters. The Balaban J connectivity index is 2.18. The Morgan fingerprint density at radius 2 is 1.94 bits per heavy atom. The summed E-state index contributed by atoms with van der Waals surface area (Å²) in [5.74, 6) is -0.862. The third kappa shape index (κ3) is 2.83. The van der Waals surface area contributed by atoms with Crippen molar-refractivity contribution in [2.24, 2.45) is 0 Å². The van der Waals surface area contributed by atoms with Crippen LogP contribution in [0.25, 0.3) is 0 Å². The van der Waals surface area contributed by atoms with Gasteiger partial charge in [-0.15, -0.1) is 0 Å². The fourth-order valence-electron chi connectivity index (χ4n) is 1.73. The molecule has 0 saturated carbocycles. The first-order chi connectivity index (χ1) is 8.56. The van der Waals surface area contributed by atoms with Crippen LogP contribution < -0.4 is 5.32 Å². The Hall–Kier alpha value is -1.97. The summed E-state index contributed by atoms with van der Waals surface area (Å²) in [6.07, 6.45) is 1.67. The van der Waals surface area contributed by atoms with Gasteiger partial charge < -0.3 is 5.32 Å². The zero-order valence-electron chi connectivity index (χ0n) is 10.2. The summed E-state index contributed by atoms with van der Waals surface area (Å²) < 4.78 is 26.7. The van der Waals surface area contributed by atoms with Gasteiger partial charge in [-0.3, -0.25) is 4.98 Å². The maximum atomic E-state index is 13.6. The molecule has 2 nitrogen and oxygen atoms in total. The van der Waals surface area contributed by atoms with Crippen molar-refractivity contribution >= 4 is 5.69 Å². The summed E-state index contributed by atoms with van der Waals surface area (Å²) >= 11 is 0. The minimum Gasteiger partial charge on any atom is -0.377 e. The van der Waals surface area contributed by atoms with E-state index in [0.717, 1.165) is 23.5 Å². The van der Waals surface area contributed by atoms with Gasteiger partial charge in [0.2, 0.25) is 0 Å². The number of anilines is 1. The zero-order chi connectivity index (χ0) is 13.1. The first-order valence-electron chi connectivity index (χ1n) is 5.70. The maximum absolute atomic E-state index is 13.6. The maximum Gasteiger partial charge on any atom is 0.128 e. The molecule has 0 radical (unpaired) electrons. The smallest absolute Gasteiger partial charge is 0.128 e. The molecule has 0 saturated heterocycles. The van der Waals surface area contributed by atoms with Crippen molar-refractivity contribution in [3.63, 3.8) is 0 Å². The van der Waals surface area contributed by atoms with Crippen LogP contribution in [-0.2, 0) is 0 Å². The standard InChI is InChI=1S/C14H14F2N2/c1-9-3-5-12(8-17-9)18-10(2)13-7-11(15)4-6-14(13)16/h3-8,10,18H,1-2H3. The van der Waals surface area contributed by atoms with Crippen LogP contribution in [0.1, 0.15) is 24.2 Å². The highest BCUT2D eigenvalue weighted by Crippen LogP contribution is 2.22. The van der Waals surface area contributed by atoms with E-state index in [1.165, 1.54) is 6.07 Å². The van der Waals surface area contributed by atoms with E-state index in [1.807, 2.05) is 19.1 Å². The van der Waals surface area contributed by atoms with Gasteiger partial charge in [-0.2, -0.15) is 0 Å². The second-order valence-electron chi connectivity index (χ2n) is 4.22. The Morgan fingerprint density at radius 3 is 2.61 bits per heavy atom. The third-order valence-corrected chi connectivity index (χ3v) is 2.72. The van der Waals surface area contributed by atoms with Gasteiger partial charge >= 0.3 is 0 Å². The van der Waals surface area contributed by atoms with E-state index in [-0.39, 0.29) is 6.04 Å². The highest BCUT2D eigenvalue weighted by atomic mass is 19.1. The molecule has 18 heavy (non-hydrogen) atoms. The Kier molecular flexibility index (Phi) is 3.55. The highest BCUT2D eigenvalue weighted by Gasteiger charge is 2.11. The van der Waals surface area contributed by atoms with Crippen molar-refractivity contribution in [3.8, 4) is 0 Å². The summed E-state index contributed by atoms with van der Waals surface area (Å²) in [4.78, 5) is 4.14. The van der Waals surface area contributed by atoms with Crippen molar-refractivity contribution in [1.82, 2.24) is 4.98 Å². The molecular formula is C14H14F2N2. The first-order valence-corrected chi connectivity index (χ1v) is 5.70. The molecule has 94 valence electrons. The predicted molar refractivity (Wildman–Crippen MR) is 67.4 cm³/mol. The van der Waals surface area contributed by atoms with Crippen LogP contribution in [0.5, 0.6) is 0 Å². The normalized spacial score (nSPS) is 12.2. The van der Waals surface area contributed by atoms with Gasteiger partial charge in [-0.05, 0) is 44.2 Å². The predicted octanol–water partition coefficient (Wildman–Crippen LogP) is 3.84. The van der Waals surface area contributed by atoms with Gasteiger partial charge in [-0.25, -0.2) is 8.78 Å². The molecule has 0 spiro atoms. The quantitative estimate of drug-likeness (QED) is 0.892. The lowest BCUT2D eigenvalue weighted by Gasteiger charge is -2.16. The third-order valence-electron chi connectivity index (χ3n) is 2.72. The number of aryl methyl sites for hydroxylation is 1. The molecule has 1 unspecified atom stereocenters. The molecule has 0 amide bonds. The van der Waals surface area contributed by atoms with Crippen LogP contribution >= 0.6 is 0 Å². The fraction of sp³-hybridized carbons (Fsp3) is 0.214. The van der Waals surface area contributed by atoms with Gasteiger partial charge in [0.1, 0.15) is 11.6 Å². The van der Waals surface area contributed by atoms with E-state index in [1.54, 1.807) is 13.1 Å².